The van der Waals surface area contributed by atoms with Crippen LogP contribution in [0.1, 0.15) is 13.3 Å². The van der Waals surface area contributed by atoms with Gasteiger partial charge in [-0.05, 0) is 79.2 Å². The molecule has 0 aliphatic rings. The van der Waals surface area contributed by atoms with Gasteiger partial charge in [0.25, 0.3) is 0 Å². The number of hydrogen-bond donors (Lipinski definition) is 1. The minimum Gasteiger partial charge on any atom is -0.497 e. The normalized spacial score (nSPS) is 12.1. The van der Waals surface area contributed by atoms with Crippen molar-refractivity contribution < 1.29 is 24.1 Å². The van der Waals surface area contributed by atoms with Gasteiger partial charge in [-0.3, -0.25) is 0 Å². The molecule has 162 valence electrons. The molecule has 31 heavy (non-hydrogen) atoms. The number of aliphatic carboxylic acids is 1. The fraction of sp³-hybridized carbons (Fsp3) is 0.240. The van der Waals surface area contributed by atoms with E-state index in [1.165, 1.54) is 0 Å². The van der Waals surface area contributed by atoms with Gasteiger partial charge in [0.2, 0.25) is 0 Å². The number of methoxy groups -OCH3 is 3. The zero-order chi connectivity index (χ0) is 22.4. The minimum absolute atomic E-state index is 0.493. The van der Waals surface area contributed by atoms with E-state index < -0.39 is 18.9 Å². The van der Waals surface area contributed by atoms with Gasteiger partial charge in [0.05, 0.1) is 21.3 Å². The Labute approximate surface area is 183 Å². The second-order valence-corrected chi connectivity index (χ2v) is 10.7. The summed E-state index contributed by atoms with van der Waals surface area (Å²) in [5, 5.41) is 13.3. The van der Waals surface area contributed by atoms with Crippen molar-refractivity contribution in [2.75, 3.05) is 21.3 Å². The summed E-state index contributed by atoms with van der Waals surface area (Å²) in [4.78, 5) is 12.6. The highest BCUT2D eigenvalue weighted by molar-refractivity contribution is 7.96. The Morgan fingerprint density at radius 3 is 1.19 bits per heavy atom. The van der Waals surface area contributed by atoms with Gasteiger partial charge in [-0.2, -0.15) is 0 Å². The summed E-state index contributed by atoms with van der Waals surface area (Å²) in [5.41, 5.74) is -0.595. The molecule has 0 aromatic heterocycles. The average Bonchev–Trinajstić information content (AvgIpc) is 2.82. The number of benzene rings is 3. The lowest BCUT2D eigenvalue weighted by Crippen LogP contribution is -2.42. The Morgan fingerprint density at radius 2 is 1.00 bits per heavy atom. The van der Waals surface area contributed by atoms with Gasteiger partial charge in [-0.15, -0.1) is 0 Å². The first kappa shape index (κ1) is 22.6. The maximum atomic E-state index is 12.6. The standard InChI is InChI=1S/C25H27O5P/c1-5-24(25(26)27)31(21-12-6-18(28-2)7-13-21,22-14-8-19(29-3)9-15-22)23-16-10-20(30-4)11-17-23/h6-17,24H,5H2,1-4H3/p+1. The summed E-state index contributed by atoms with van der Waals surface area (Å²) in [6.45, 7) is 1.93. The second kappa shape index (κ2) is 9.84. The maximum Gasteiger partial charge on any atom is 0.345 e. The predicted octanol–water partition coefficient (Wildman–Crippen LogP) is 3.87. The van der Waals surface area contributed by atoms with E-state index in [0.717, 1.165) is 33.2 Å². The minimum atomic E-state index is -2.58. The summed E-state index contributed by atoms with van der Waals surface area (Å²) in [6.07, 6.45) is 0.493. The Hall–Kier alpha value is -3.04. The molecule has 1 atom stereocenters. The number of hydrogen-bond acceptors (Lipinski definition) is 4. The molecule has 3 rings (SSSR count). The molecule has 0 aliphatic heterocycles. The van der Waals surface area contributed by atoms with Crippen LogP contribution in [0.2, 0.25) is 0 Å². The van der Waals surface area contributed by atoms with Crippen molar-refractivity contribution in [1.29, 1.82) is 0 Å². The van der Waals surface area contributed by atoms with Crippen molar-refractivity contribution in [1.82, 2.24) is 0 Å². The van der Waals surface area contributed by atoms with E-state index in [9.17, 15) is 9.90 Å². The lowest BCUT2D eigenvalue weighted by molar-refractivity contribution is -0.136. The number of carboxylic acid groups (broad SMARTS) is 1. The van der Waals surface area contributed by atoms with E-state index >= 15 is 0 Å². The maximum absolute atomic E-state index is 12.6. The van der Waals surface area contributed by atoms with Gasteiger partial charge in [0.15, 0.2) is 5.66 Å². The van der Waals surface area contributed by atoms with E-state index in [2.05, 4.69) is 0 Å². The third kappa shape index (κ3) is 4.24. The van der Waals surface area contributed by atoms with Crippen LogP contribution in [0.25, 0.3) is 0 Å². The molecule has 0 bridgehead atoms. The third-order valence-electron chi connectivity index (χ3n) is 5.58. The molecule has 1 unspecified atom stereocenters. The Balaban J connectivity index is 2.38. The highest BCUT2D eigenvalue weighted by Gasteiger charge is 2.55. The van der Waals surface area contributed by atoms with Crippen molar-refractivity contribution in [3.05, 3.63) is 72.8 Å². The lowest BCUT2D eigenvalue weighted by atomic mass is 10.3. The molecule has 0 saturated carbocycles. The molecular weight excluding hydrogens is 411 g/mol. The van der Waals surface area contributed by atoms with Crippen LogP contribution in [0.5, 0.6) is 17.2 Å². The first-order valence-electron chi connectivity index (χ1n) is 10.1. The topological polar surface area (TPSA) is 65.0 Å². The smallest absolute Gasteiger partial charge is 0.345 e. The first-order valence-corrected chi connectivity index (χ1v) is 11.9. The molecule has 1 N–H and O–H groups in total. The van der Waals surface area contributed by atoms with Crippen molar-refractivity contribution in [2.45, 2.75) is 19.0 Å². The molecule has 0 saturated heterocycles. The quantitative estimate of drug-likeness (QED) is 0.513. The van der Waals surface area contributed by atoms with Crippen molar-refractivity contribution >= 4 is 29.1 Å². The molecule has 0 amide bonds. The zero-order valence-corrected chi connectivity index (χ0v) is 19.1. The molecule has 3 aromatic carbocycles. The van der Waals surface area contributed by atoms with Gasteiger partial charge >= 0.3 is 5.97 Å². The van der Waals surface area contributed by atoms with Crippen molar-refractivity contribution in [3.8, 4) is 17.2 Å². The zero-order valence-electron chi connectivity index (χ0n) is 18.2. The van der Waals surface area contributed by atoms with Crippen LogP contribution >= 0.6 is 7.26 Å². The Bertz CT molecular complexity index is 882. The highest BCUT2D eigenvalue weighted by Crippen LogP contribution is 2.61. The Kier molecular flexibility index (Phi) is 7.19. The molecular formula is C25H28O5P+. The molecule has 0 radical (unpaired) electrons. The highest BCUT2D eigenvalue weighted by atomic mass is 31.2. The van der Waals surface area contributed by atoms with E-state index in [-0.39, 0.29) is 0 Å². The van der Waals surface area contributed by atoms with E-state index in [1.807, 2.05) is 79.7 Å². The van der Waals surface area contributed by atoms with E-state index in [1.54, 1.807) is 21.3 Å². The van der Waals surface area contributed by atoms with Gasteiger partial charge in [0, 0.05) is 0 Å². The van der Waals surface area contributed by atoms with E-state index in [4.69, 9.17) is 14.2 Å². The molecule has 0 heterocycles. The SMILES string of the molecule is CCC(C(=O)O)[P+](c1ccc(OC)cc1)(c1ccc(OC)cc1)c1ccc(OC)cc1. The fourth-order valence-corrected chi connectivity index (χ4v) is 8.76. The van der Waals surface area contributed by atoms with E-state index in [0.29, 0.717) is 6.42 Å². The predicted molar refractivity (Wildman–Crippen MR) is 127 cm³/mol. The van der Waals surface area contributed by atoms with Crippen LogP contribution in [0.3, 0.4) is 0 Å². The Morgan fingerprint density at radius 1 is 0.710 bits per heavy atom. The number of carbonyl (C=O) groups is 1. The van der Waals surface area contributed by atoms with Crippen LogP contribution in [-0.4, -0.2) is 38.1 Å². The van der Waals surface area contributed by atoms with Gasteiger partial charge in [-0.1, -0.05) is 6.92 Å². The summed E-state index contributed by atoms with van der Waals surface area (Å²) in [6, 6.07) is 23.3. The number of carboxylic acids is 1. The molecule has 3 aromatic rings. The summed E-state index contributed by atoms with van der Waals surface area (Å²) in [5.74, 6) is 1.39. The third-order valence-corrected chi connectivity index (χ3v) is 10.4. The average molecular weight is 439 g/mol. The number of ether oxygens (including phenoxy) is 3. The van der Waals surface area contributed by atoms with Crippen molar-refractivity contribution in [2.24, 2.45) is 0 Å². The molecule has 5 nitrogen and oxygen atoms in total. The molecule has 0 aliphatic carbocycles. The molecule has 0 spiro atoms. The second-order valence-electron chi connectivity index (χ2n) is 7.08. The number of rotatable bonds is 9. The summed E-state index contributed by atoms with van der Waals surface area (Å²) < 4.78 is 16.1. The van der Waals surface area contributed by atoms with Gasteiger partial charge in [0.1, 0.15) is 40.4 Å². The van der Waals surface area contributed by atoms with Crippen LogP contribution in [0.15, 0.2) is 72.8 Å². The van der Waals surface area contributed by atoms with Gasteiger partial charge in [-0.25, -0.2) is 4.79 Å². The van der Waals surface area contributed by atoms with Crippen LogP contribution in [0, 0.1) is 0 Å². The monoisotopic (exact) mass is 439 g/mol. The summed E-state index contributed by atoms with van der Waals surface area (Å²) in [7, 11) is 2.29. The fourth-order valence-electron chi connectivity index (χ4n) is 4.05. The summed E-state index contributed by atoms with van der Waals surface area (Å²) >= 11 is 0. The van der Waals surface area contributed by atoms with Crippen LogP contribution in [0.4, 0.5) is 0 Å². The first-order chi connectivity index (χ1) is 15.0. The molecule has 0 fully saturated rings. The largest absolute Gasteiger partial charge is 0.497 e. The van der Waals surface area contributed by atoms with Gasteiger partial charge < -0.3 is 19.3 Å². The molecule has 6 heteroatoms. The van der Waals surface area contributed by atoms with Crippen LogP contribution < -0.4 is 30.1 Å². The lowest BCUT2D eigenvalue weighted by Gasteiger charge is -2.32. The van der Waals surface area contributed by atoms with Crippen LogP contribution in [-0.2, 0) is 4.79 Å². The van der Waals surface area contributed by atoms with Crippen molar-refractivity contribution in [3.63, 3.8) is 0 Å².